The Morgan fingerprint density at radius 2 is 2.14 bits per heavy atom. The van der Waals surface area contributed by atoms with Crippen molar-refractivity contribution in [3.05, 3.63) is 28.7 Å². The third-order valence-corrected chi connectivity index (χ3v) is 3.61. The van der Waals surface area contributed by atoms with Crippen LogP contribution >= 0.6 is 0 Å². The van der Waals surface area contributed by atoms with Gasteiger partial charge in [-0.2, -0.15) is 0 Å². The molecule has 0 aromatic carbocycles. The van der Waals surface area contributed by atoms with E-state index in [4.69, 9.17) is 10.5 Å². The van der Waals surface area contributed by atoms with Gasteiger partial charge in [-0.3, -0.25) is 9.59 Å². The summed E-state index contributed by atoms with van der Waals surface area (Å²) in [6.07, 6.45) is 3.73. The highest BCUT2D eigenvalue weighted by atomic mass is 16.5. The number of carbonyl (C=O) groups excluding carboxylic acids is 2. The summed E-state index contributed by atoms with van der Waals surface area (Å²) in [5.41, 5.74) is 5.73. The van der Waals surface area contributed by atoms with Gasteiger partial charge in [-0.15, -0.1) is 0 Å². The van der Waals surface area contributed by atoms with Crippen LogP contribution in [-0.2, 0) is 20.9 Å². The number of pyridine rings is 1. The Morgan fingerprint density at radius 3 is 2.86 bits per heavy atom. The molecule has 1 aliphatic rings. The number of anilines is 1. The first-order valence-electron chi connectivity index (χ1n) is 6.86. The number of rotatable bonds is 3. The number of aromatic nitrogens is 1. The number of methoxy groups -OCH3 is 1. The lowest BCUT2D eigenvalue weighted by Crippen LogP contribution is -2.50. The Morgan fingerprint density at radius 1 is 1.38 bits per heavy atom. The fraction of sp³-hybridized carbons (Fsp3) is 0.500. The summed E-state index contributed by atoms with van der Waals surface area (Å²) in [6.45, 7) is 0.368. The number of likely N-dealkylation sites (tertiary alicyclic amines) is 1. The Labute approximate surface area is 122 Å². The van der Waals surface area contributed by atoms with Gasteiger partial charge in [0.15, 0.2) is 0 Å². The van der Waals surface area contributed by atoms with E-state index in [9.17, 15) is 14.4 Å². The third kappa shape index (κ3) is 3.42. The van der Waals surface area contributed by atoms with Crippen molar-refractivity contribution in [2.24, 2.45) is 0 Å². The van der Waals surface area contributed by atoms with E-state index < -0.39 is 12.0 Å². The van der Waals surface area contributed by atoms with E-state index in [-0.39, 0.29) is 18.0 Å². The van der Waals surface area contributed by atoms with Crippen molar-refractivity contribution in [1.29, 1.82) is 0 Å². The van der Waals surface area contributed by atoms with E-state index in [2.05, 4.69) is 0 Å². The lowest BCUT2D eigenvalue weighted by molar-refractivity contribution is -0.154. The molecule has 2 heterocycles. The molecule has 21 heavy (non-hydrogen) atoms. The number of hydrogen-bond donors (Lipinski definition) is 1. The number of carbonyl (C=O) groups is 2. The average Bonchev–Trinajstić information content (AvgIpc) is 2.50. The molecule has 1 fully saturated rings. The second-order valence-corrected chi connectivity index (χ2v) is 5.05. The van der Waals surface area contributed by atoms with Gasteiger partial charge in [-0.05, 0) is 25.3 Å². The molecule has 7 heteroatoms. The quantitative estimate of drug-likeness (QED) is 0.791. The summed E-state index contributed by atoms with van der Waals surface area (Å²) in [7, 11) is 1.31. The maximum absolute atomic E-state index is 12.4. The normalized spacial score (nSPS) is 18.3. The molecule has 0 radical (unpaired) electrons. The number of esters is 1. The zero-order valence-electron chi connectivity index (χ0n) is 11.9. The van der Waals surface area contributed by atoms with Crippen LogP contribution in [0.15, 0.2) is 23.1 Å². The minimum absolute atomic E-state index is 0.128. The van der Waals surface area contributed by atoms with Crippen molar-refractivity contribution < 1.29 is 14.3 Å². The molecule has 2 N–H and O–H groups in total. The van der Waals surface area contributed by atoms with Gasteiger partial charge in [0.05, 0.1) is 7.11 Å². The summed E-state index contributed by atoms with van der Waals surface area (Å²) >= 11 is 0. The summed E-state index contributed by atoms with van der Waals surface area (Å²) in [4.78, 5) is 37.3. The van der Waals surface area contributed by atoms with Gasteiger partial charge >= 0.3 is 5.97 Å². The molecule has 1 atom stereocenters. The SMILES string of the molecule is COC(=O)C1CCCCN1C(=O)Cn1cc(N)ccc1=O. The number of amides is 1. The summed E-state index contributed by atoms with van der Waals surface area (Å²) in [5.74, 6) is -0.694. The molecule has 1 saturated heterocycles. The highest BCUT2D eigenvalue weighted by molar-refractivity contribution is 5.84. The van der Waals surface area contributed by atoms with Gasteiger partial charge in [0.25, 0.3) is 5.56 Å². The van der Waals surface area contributed by atoms with Crippen LogP contribution < -0.4 is 11.3 Å². The molecule has 0 saturated carbocycles. The van der Waals surface area contributed by atoms with Crippen LogP contribution in [0.4, 0.5) is 5.69 Å². The monoisotopic (exact) mass is 293 g/mol. The minimum Gasteiger partial charge on any atom is -0.467 e. The van der Waals surface area contributed by atoms with Crippen LogP contribution in [0.3, 0.4) is 0 Å². The predicted octanol–water partition coefficient (Wildman–Crippen LogP) is -0.0154. The molecule has 0 bridgehead atoms. The molecule has 1 unspecified atom stereocenters. The highest BCUT2D eigenvalue weighted by Crippen LogP contribution is 2.18. The Bertz CT molecular complexity index is 596. The van der Waals surface area contributed by atoms with Crippen molar-refractivity contribution in [2.45, 2.75) is 31.8 Å². The van der Waals surface area contributed by atoms with Crippen LogP contribution in [-0.4, -0.2) is 41.0 Å². The van der Waals surface area contributed by atoms with Crippen molar-refractivity contribution >= 4 is 17.6 Å². The molecule has 1 aliphatic heterocycles. The van der Waals surface area contributed by atoms with Crippen LogP contribution in [0.2, 0.25) is 0 Å². The molecular formula is C14H19N3O4. The molecule has 2 rings (SSSR count). The molecule has 1 amide bonds. The lowest BCUT2D eigenvalue weighted by Gasteiger charge is -2.33. The number of ether oxygens (including phenoxy) is 1. The van der Waals surface area contributed by atoms with E-state index in [1.165, 1.54) is 34.9 Å². The van der Waals surface area contributed by atoms with E-state index in [1.807, 2.05) is 0 Å². The van der Waals surface area contributed by atoms with E-state index in [1.54, 1.807) is 0 Å². The largest absolute Gasteiger partial charge is 0.467 e. The van der Waals surface area contributed by atoms with Gasteiger partial charge < -0.3 is 19.9 Å². The van der Waals surface area contributed by atoms with Crippen LogP contribution in [0, 0.1) is 0 Å². The summed E-state index contributed by atoms with van der Waals surface area (Å²) < 4.78 is 5.99. The van der Waals surface area contributed by atoms with E-state index in [0.717, 1.165) is 12.8 Å². The zero-order chi connectivity index (χ0) is 15.4. The van der Waals surface area contributed by atoms with E-state index in [0.29, 0.717) is 18.7 Å². The fourth-order valence-electron chi connectivity index (χ4n) is 2.52. The molecule has 1 aromatic rings. The topological polar surface area (TPSA) is 94.6 Å². The van der Waals surface area contributed by atoms with E-state index >= 15 is 0 Å². The number of nitrogens with zero attached hydrogens (tertiary/aromatic N) is 2. The lowest BCUT2D eigenvalue weighted by atomic mass is 10.0. The number of hydrogen-bond acceptors (Lipinski definition) is 5. The van der Waals surface area contributed by atoms with Gasteiger partial charge in [-0.25, -0.2) is 4.79 Å². The first-order chi connectivity index (χ1) is 10.0. The minimum atomic E-state index is -0.562. The van der Waals surface area contributed by atoms with Gasteiger partial charge in [0, 0.05) is 24.5 Å². The molecule has 7 nitrogen and oxygen atoms in total. The van der Waals surface area contributed by atoms with Gasteiger partial charge in [0.1, 0.15) is 12.6 Å². The van der Waals surface area contributed by atoms with Gasteiger partial charge in [0.2, 0.25) is 5.91 Å². The first-order valence-corrected chi connectivity index (χ1v) is 6.86. The molecule has 0 aliphatic carbocycles. The zero-order valence-corrected chi connectivity index (χ0v) is 11.9. The first kappa shape index (κ1) is 15.1. The standard InChI is InChI=1S/C14H19N3O4/c1-21-14(20)11-4-2-3-7-17(11)13(19)9-16-8-10(15)5-6-12(16)18/h5-6,8,11H,2-4,7,9,15H2,1H3. The Balaban J connectivity index is 2.16. The van der Waals surface area contributed by atoms with Crippen molar-refractivity contribution in [2.75, 3.05) is 19.4 Å². The molecule has 1 aromatic heterocycles. The van der Waals surface area contributed by atoms with Crippen LogP contribution in [0.25, 0.3) is 0 Å². The molecule has 114 valence electrons. The fourth-order valence-corrected chi connectivity index (χ4v) is 2.52. The highest BCUT2D eigenvalue weighted by Gasteiger charge is 2.32. The number of nitrogens with two attached hydrogens (primary N) is 1. The molecule has 0 spiro atoms. The maximum atomic E-state index is 12.4. The Kier molecular flexibility index (Phi) is 4.62. The van der Waals surface area contributed by atoms with Crippen molar-refractivity contribution in [1.82, 2.24) is 9.47 Å². The summed E-state index contributed by atoms with van der Waals surface area (Å²) in [5, 5.41) is 0. The van der Waals surface area contributed by atoms with Crippen LogP contribution in [0.5, 0.6) is 0 Å². The van der Waals surface area contributed by atoms with Crippen LogP contribution in [0.1, 0.15) is 19.3 Å². The average molecular weight is 293 g/mol. The third-order valence-electron chi connectivity index (χ3n) is 3.61. The smallest absolute Gasteiger partial charge is 0.328 e. The van der Waals surface area contributed by atoms with Gasteiger partial charge in [-0.1, -0.05) is 0 Å². The predicted molar refractivity (Wildman–Crippen MR) is 76.5 cm³/mol. The van der Waals surface area contributed by atoms with Crippen molar-refractivity contribution in [3.8, 4) is 0 Å². The molecular weight excluding hydrogens is 274 g/mol. The number of piperidine rings is 1. The summed E-state index contributed by atoms with van der Waals surface area (Å²) in [6, 6.07) is 2.24. The van der Waals surface area contributed by atoms with Crippen molar-refractivity contribution in [3.63, 3.8) is 0 Å². The Hall–Kier alpha value is -2.31. The number of nitrogen functional groups attached to an aromatic ring is 1. The maximum Gasteiger partial charge on any atom is 0.328 e. The second kappa shape index (κ2) is 6.43. The second-order valence-electron chi connectivity index (χ2n) is 5.05.